The van der Waals surface area contributed by atoms with Crippen LogP contribution in [0.15, 0.2) is 70.9 Å². The van der Waals surface area contributed by atoms with Crippen molar-refractivity contribution in [1.82, 2.24) is 10.0 Å². The molecule has 2 aromatic carbocycles. The van der Waals surface area contributed by atoms with Gasteiger partial charge in [-0.15, -0.1) is 0 Å². The van der Waals surface area contributed by atoms with Crippen LogP contribution in [-0.4, -0.2) is 64.5 Å². The monoisotopic (exact) mass is 454 g/mol. The van der Waals surface area contributed by atoms with E-state index < -0.39 is 5.79 Å². The molecule has 1 aliphatic rings. The maximum atomic E-state index is 6.01. The van der Waals surface area contributed by atoms with Crippen LogP contribution in [0.4, 0.5) is 0 Å². The quantitative estimate of drug-likeness (QED) is 0.372. The van der Waals surface area contributed by atoms with E-state index in [4.69, 9.17) is 33.9 Å². The summed E-state index contributed by atoms with van der Waals surface area (Å²) in [6.07, 6.45) is 0. The highest BCUT2D eigenvalue weighted by molar-refractivity contribution is 7.80. The third kappa shape index (κ3) is 5.22. The van der Waals surface area contributed by atoms with Crippen molar-refractivity contribution in [1.29, 1.82) is 0 Å². The lowest BCUT2D eigenvalue weighted by Gasteiger charge is -2.29. The molecule has 1 saturated heterocycles. The minimum absolute atomic E-state index is 0.444. The molecule has 1 heterocycles. The van der Waals surface area contributed by atoms with Crippen molar-refractivity contribution < 1.29 is 9.47 Å². The Kier molecular flexibility index (Phi) is 7.61. The largest absolute Gasteiger partial charge is 0.338 e. The minimum Gasteiger partial charge on any atom is -0.338 e. The van der Waals surface area contributed by atoms with Crippen LogP contribution in [0.3, 0.4) is 0 Å². The molecular weight excluding hydrogens is 428 g/mol. The van der Waals surface area contributed by atoms with E-state index in [1.807, 2.05) is 88.6 Å². The molecule has 0 amide bonds. The molecule has 6 nitrogen and oxygen atoms in total. The fraction of sp³-hybridized carbons (Fsp3) is 0.304. The Labute approximate surface area is 194 Å². The Hall–Kier alpha value is -2.52. The van der Waals surface area contributed by atoms with Crippen LogP contribution in [0.2, 0.25) is 0 Å². The molecule has 0 radical (unpaired) electrons. The molecule has 162 valence electrons. The van der Waals surface area contributed by atoms with Gasteiger partial charge in [0.15, 0.2) is 0 Å². The fourth-order valence-electron chi connectivity index (χ4n) is 3.30. The van der Waals surface area contributed by atoms with Gasteiger partial charge < -0.3 is 9.47 Å². The van der Waals surface area contributed by atoms with Crippen molar-refractivity contribution >= 4 is 45.8 Å². The predicted molar refractivity (Wildman–Crippen MR) is 133 cm³/mol. The maximum Gasteiger partial charge on any atom is 0.252 e. The third-order valence-corrected chi connectivity index (χ3v) is 5.88. The number of benzene rings is 2. The normalized spacial score (nSPS) is 16.1. The van der Waals surface area contributed by atoms with Gasteiger partial charge in [0.25, 0.3) is 5.79 Å². The first kappa shape index (κ1) is 23.1. The van der Waals surface area contributed by atoms with Crippen LogP contribution in [0.5, 0.6) is 0 Å². The summed E-state index contributed by atoms with van der Waals surface area (Å²) in [6, 6.07) is 19.5. The fourth-order valence-corrected chi connectivity index (χ4v) is 3.65. The number of hydrogen-bond acceptors (Lipinski definition) is 6. The van der Waals surface area contributed by atoms with Crippen LogP contribution in [-0.2, 0) is 9.47 Å². The van der Waals surface area contributed by atoms with E-state index >= 15 is 0 Å². The van der Waals surface area contributed by atoms with Crippen molar-refractivity contribution in [2.75, 3.05) is 27.3 Å². The van der Waals surface area contributed by atoms with E-state index in [-0.39, 0.29) is 0 Å². The SMILES string of the molecule is C/C(=N\N(C)C(=S)c1ccccc1)C1(/C(C)=N/N(C)C(=S)c2ccccc2)OCCO1. The van der Waals surface area contributed by atoms with Gasteiger partial charge in [-0.2, -0.15) is 10.2 Å². The minimum atomic E-state index is -1.17. The summed E-state index contributed by atoms with van der Waals surface area (Å²) >= 11 is 11.2. The number of hydrogen-bond donors (Lipinski definition) is 0. The highest BCUT2D eigenvalue weighted by atomic mass is 32.1. The zero-order valence-corrected chi connectivity index (χ0v) is 19.7. The van der Waals surface area contributed by atoms with Crippen LogP contribution in [0.1, 0.15) is 25.0 Å². The third-order valence-electron chi connectivity index (χ3n) is 4.88. The second-order valence-corrected chi connectivity index (χ2v) is 7.85. The van der Waals surface area contributed by atoms with Crippen molar-refractivity contribution in [3.05, 3.63) is 71.8 Å². The second kappa shape index (κ2) is 10.2. The van der Waals surface area contributed by atoms with Crippen molar-refractivity contribution in [3.8, 4) is 0 Å². The summed E-state index contributed by atoms with van der Waals surface area (Å²) in [4.78, 5) is 1.20. The molecule has 0 aromatic heterocycles. The average molecular weight is 455 g/mol. The Bertz CT molecular complexity index is 912. The lowest BCUT2D eigenvalue weighted by molar-refractivity contribution is -0.0415. The molecule has 3 rings (SSSR count). The topological polar surface area (TPSA) is 49.7 Å². The van der Waals surface area contributed by atoms with Crippen LogP contribution in [0, 0.1) is 0 Å². The Morgan fingerprint density at radius 2 is 1.10 bits per heavy atom. The van der Waals surface area contributed by atoms with E-state index in [1.165, 1.54) is 0 Å². The summed E-state index contributed by atoms with van der Waals surface area (Å²) in [6.45, 7) is 4.59. The average Bonchev–Trinajstić information content (AvgIpc) is 3.30. The lowest BCUT2D eigenvalue weighted by Crippen LogP contribution is -2.47. The Morgan fingerprint density at radius 1 is 0.742 bits per heavy atom. The van der Waals surface area contributed by atoms with Crippen LogP contribution >= 0.6 is 24.4 Å². The van der Waals surface area contributed by atoms with Gasteiger partial charge in [0.2, 0.25) is 0 Å². The van der Waals surface area contributed by atoms with Crippen molar-refractivity contribution in [3.63, 3.8) is 0 Å². The zero-order valence-electron chi connectivity index (χ0n) is 18.1. The number of rotatable bonds is 6. The zero-order chi connectivity index (χ0) is 22.4. The molecule has 0 atom stereocenters. The standard InChI is InChI=1S/C23H26N4O2S2/c1-17(24-26(3)21(30)19-11-7-5-8-12-19)23(28-15-16-29-23)18(2)25-27(4)22(31)20-13-9-6-10-14-20/h5-14H,15-16H2,1-4H3/b24-17+,25-18+. The Morgan fingerprint density at radius 3 is 1.45 bits per heavy atom. The molecule has 0 unspecified atom stereocenters. The highest BCUT2D eigenvalue weighted by Crippen LogP contribution is 2.25. The second-order valence-electron chi connectivity index (χ2n) is 7.07. The summed E-state index contributed by atoms with van der Waals surface area (Å²) in [5, 5.41) is 12.6. The van der Waals surface area contributed by atoms with Gasteiger partial charge in [0, 0.05) is 25.2 Å². The van der Waals surface area contributed by atoms with Gasteiger partial charge in [0.1, 0.15) is 21.4 Å². The smallest absolute Gasteiger partial charge is 0.252 e. The molecule has 8 heteroatoms. The molecule has 1 fully saturated rings. The number of nitrogens with zero attached hydrogens (tertiary/aromatic N) is 4. The number of thiocarbonyl (C=S) groups is 2. The van der Waals surface area contributed by atoms with E-state index in [0.717, 1.165) is 11.1 Å². The predicted octanol–water partition coefficient (Wildman–Crippen LogP) is 4.10. The van der Waals surface area contributed by atoms with E-state index in [1.54, 1.807) is 10.0 Å². The molecule has 0 aliphatic carbocycles. The van der Waals surface area contributed by atoms with Gasteiger partial charge in [0.05, 0.1) is 13.2 Å². The van der Waals surface area contributed by atoms with Gasteiger partial charge in [-0.3, -0.25) is 10.0 Å². The molecule has 0 bridgehead atoms. The first-order valence-electron chi connectivity index (χ1n) is 9.90. The Balaban J connectivity index is 1.84. The van der Waals surface area contributed by atoms with Crippen molar-refractivity contribution in [2.24, 2.45) is 10.2 Å². The van der Waals surface area contributed by atoms with E-state index in [2.05, 4.69) is 10.2 Å². The molecule has 0 spiro atoms. The van der Waals surface area contributed by atoms with Gasteiger partial charge >= 0.3 is 0 Å². The maximum absolute atomic E-state index is 6.01. The lowest BCUT2D eigenvalue weighted by atomic mass is 10.1. The van der Waals surface area contributed by atoms with E-state index in [0.29, 0.717) is 34.6 Å². The molecule has 0 saturated carbocycles. The van der Waals surface area contributed by atoms with Crippen LogP contribution < -0.4 is 0 Å². The van der Waals surface area contributed by atoms with Gasteiger partial charge in [-0.05, 0) is 13.8 Å². The summed E-state index contributed by atoms with van der Waals surface area (Å²) in [7, 11) is 3.62. The van der Waals surface area contributed by atoms with Gasteiger partial charge in [-0.25, -0.2) is 0 Å². The van der Waals surface area contributed by atoms with Gasteiger partial charge in [-0.1, -0.05) is 85.1 Å². The number of hydrazone groups is 2. The van der Waals surface area contributed by atoms with Crippen molar-refractivity contribution in [2.45, 2.75) is 19.6 Å². The van der Waals surface area contributed by atoms with Crippen LogP contribution in [0.25, 0.3) is 0 Å². The molecule has 0 N–H and O–H groups in total. The summed E-state index contributed by atoms with van der Waals surface area (Å²) in [5.41, 5.74) is 3.03. The molecule has 1 aliphatic heterocycles. The van der Waals surface area contributed by atoms with E-state index in [9.17, 15) is 0 Å². The summed E-state index contributed by atoms with van der Waals surface area (Å²) in [5.74, 6) is -1.17. The molecular formula is C23H26N4O2S2. The first-order valence-corrected chi connectivity index (χ1v) is 10.7. The summed E-state index contributed by atoms with van der Waals surface area (Å²) < 4.78 is 12.0. The first-order chi connectivity index (χ1) is 14.8. The highest BCUT2D eigenvalue weighted by Gasteiger charge is 2.44. The molecule has 2 aromatic rings. The molecule has 31 heavy (non-hydrogen) atoms. The number of ether oxygens (including phenoxy) is 2.